The Kier molecular flexibility index (Phi) is 9.31. The van der Waals surface area contributed by atoms with Crippen LogP contribution in [0.3, 0.4) is 0 Å². The number of amides is 1. The maximum Gasteiger partial charge on any atom is 0.222 e. The van der Waals surface area contributed by atoms with E-state index in [1.807, 2.05) is 18.9 Å². The van der Waals surface area contributed by atoms with Crippen LogP contribution in [0.25, 0.3) is 0 Å². The zero-order valence-electron chi connectivity index (χ0n) is 13.6. The maximum atomic E-state index is 12.2. The second-order valence-corrected chi connectivity index (χ2v) is 5.77. The summed E-state index contributed by atoms with van der Waals surface area (Å²) < 4.78 is 0. The first-order valence-electron chi connectivity index (χ1n) is 7.50. The van der Waals surface area contributed by atoms with Gasteiger partial charge in [0.25, 0.3) is 0 Å². The van der Waals surface area contributed by atoms with Crippen molar-refractivity contribution in [2.45, 2.75) is 58.5 Å². The van der Waals surface area contributed by atoms with Crippen LogP contribution in [0, 0.1) is 6.92 Å². The fourth-order valence-corrected chi connectivity index (χ4v) is 2.28. The van der Waals surface area contributed by atoms with Crippen molar-refractivity contribution >= 4 is 18.3 Å². The molecule has 0 radical (unpaired) electrons. The lowest BCUT2D eigenvalue weighted by molar-refractivity contribution is -0.132. The first kappa shape index (κ1) is 19.9. The number of benzene rings is 1. The van der Waals surface area contributed by atoms with E-state index in [1.54, 1.807) is 0 Å². The average molecular weight is 313 g/mol. The van der Waals surface area contributed by atoms with Crippen molar-refractivity contribution in [3.63, 3.8) is 0 Å². The van der Waals surface area contributed by atoms with E-state index in [-0.39, 0.29) is 30.4 Å². The molecule has 0 heterocycles. The monoisotopic (exact) mass is 312 g/mol. The number of carbonyl (C=O) groups excluding carboxylic acids is 1. The topological polar surface area (TPSA) is 46.3 Å². The number of aryl methyl sites for hydroxylation is 1. The molecule has 2 atom stereocenters. The van der Waals surface area contributed by atoms with Crippen LogP contribution < -0.4 is 5.73 Å². The molecular weight excluding hydrogens is 284 g/mol. The molecule has 2 N–H and O–H groups in total. The lowest BCUT2D eigenvalue weighted by Crippen LogP contribution is -2.38. The van der Waals surface area contributed by atoms with Crippen molar-refractivity contribution in [2.24, 2.45) is 5.73 Å². The Balaban J connectivity index is 0.00000400. The molecule has 0 aliphatic carbocycles. The van der Waals surface area contributed by atoms with Crippen molar-refractivity contribution < 1.29 is 4.79 Å². The average Bonchev–Trinajstić information content (AvgIpc) is 2.43. The summed E-state index contributed by atoms with van der Waals surface area (Å²) in [7, 11) is 1.91. The Morgan fingerprint density at radius 3 is 2.33 bits per heavy atom. The summed E-state index contributed by atoms with van der Waals surface area (Å²) in [5.41, 5.74) is 8.27. The Morgan fingerprint density at radius 2 is 1.86 bits per heavy atom. The van der Waals surface area contributed by atoms with Gasteiger partial charge in [0.1, 0.15) is 0 Å². The van der Waals surface area contributed by atoms with E-state index >= 15 is 0 Å². The molecule has 1 aromatic rings. The van der Waals surface area contributed by atoms with Crippen LogP contribution in [0.2, 0.25) is 0 Å². The lowest BCUT2D eigenvalue weighted by Gasteiger charge is -2.28. The molecule has 0 fully saturated rings. The molecule has 120 valence electrons. The molecule has 1 aromatic carbocycles. The van der Waals surface area contributed by atoms with Gasteiger partial charge in [-0.05, 0) is 38.7 Å². The van der Waals surface area contributed by atoms with Gasteiger partial charge in [0.15, 0.2) is 0 Å². The molecule has 2 unspecified atom stereocenters. The van der Waals surface area contributed by atoms with E-state index in [9.17, 15) is 4.79 Å². The highest BCUT2D eigenvalue weighted by Gasteiger charge is 2.18. The molecule has 0 aliphatic heterocycles. The summed E-state index contributed by atoms with van der Waals surface area (Å²) >= 11 is 0. The number of halogens is 1. The SMILES string of the molecule is CCC(Cc1ccc(C)cc1)N(C)C(=O)CCC(C)N.Cl. The fourth-order valence-electron chi connectivity index (χ4n) is 2.28. The largest absolute Gasteiger partial charge is 0.342 e. The van der Waals surface area contributed by atoms with Crippen molar-refractivity contribution in [2.75, 3.05) is 7.05 Å². The van der Waals surface area contributed by atoms with Crippen LogP contribution in [0.4, 0.5) is 0 Å². The fraction of sp³-hybridized carbons (Fsp3) is 0.588. The third kappa shape index (κ3) is 6.96. The molecular formula is C17H29ClN2O. The van der Waals surface area contributed by atoms with Gasteiger partial charge >= 0.3 is 0 Å². The zero-order valence-corrected chi connectivity index (χ0v) is 14.5. The zero-order chi connectivity index (χ0) is 15.1. The van der Waals surface area contributed by atoms with Gasteiger partial charge in [-0.25, -0.2) is 0 Å². The lowest BCUT2D eigenvalue weighted by atomic mass is 10.0. The molecule has 0 aromatic heterocycles. The van der Waals surface area contributed by atoms with Gasteiger partial charge in [-0.3, -0.25) is 4.79 Å². The van der Waals surface area contributed by atoms with Gasteiger partial charge < -0.3 is 10.6 Å². The molecule has 3 nitrogen and oxygen atoms in total. The van der Waals surface area contributed by atoms with Gasteiger partial charge in [0.2, 0.25) is 5.91 Å². The number of hydrogen-bond acceptors (Lipinski definition) is 2. The summed E-state index contributed by atoms with van der Waals surface area (Å²) in [6, 6.07) is 8.90. The maximum absolute atomic E-state index is 12.2. The highest BCUT2D eigenvalue weighted by Crippen LogP contribution is 2.13. The predicted octanol–water partition coefficient (Wildman–Crippen LogP) is 3.32. The van der Waals surface area contributed by atoms with E-state index in [2.05, 4.69) is 38.1 Å². The van der Waals surface area contributed by atoms with Gasteiger partial charge in [-0.2, -0.15) is 0 Å². The summed E-state index contributed by atoms with van der Waals surface area (Å²) in [5, 5.41) is 0. The highest BCUT2D eigenvalue weighted by atomic mass is 35.5. The van der Waals surface area contributed by atoms with Crippen LogP contribution >= 0.6 is 12.4 Å². The smallest absolute Gasteiger partial charge is 0.222 e. The number of rotatable bonds is 7. The second-order valence-electron chi connectivity index (χ2n) is 5.77. The van der Waals surface area contributed by atoms with Crippen LogP contribution in [-0.4, -0.2) is 29.9 Å². The van der Waals surface area contributed by atoms with Gasteiger partial charge in [-0.1, -0.05) is 36.8 Å². The van der Waals surface area contributed by atoms with Crippen LogP contribution in [-0.2, 0) is 11.2 Å². The number of carbonyl (C=O) groups is 1. The Bertz CT molecular complexity index is 417. The van der Waals surface area contributed by atoms with Crippen molar-refractivity contribution in [1.29, 1.82) is 0 Å². The molecule has 0 spiro atoms. The van der Waals surface area contributed by atoms with Crippen LogP contribution in [0.5, 0.6) is 0 Å². The second kappa shape index (κ2) is 9.80. The van der Waals surface area contributed by atoms with Gasteiger partial charge in [0, 0.05) is 25.6 Å². The third-order valence-corrected chi connectivity index (χ3v) is 3.82. The van der Waals surface area contributed by atoms with Gasteiger partial charge in [-0.15, -0.1) is 12.4 Å². The molecule has 0 saturated heterocycles. The van der Waals surface area contributed by atoms with Crippen LogP contribution in [0.1, 0.15) is 44.2 Å². The van der Waals surface area contributed by atoms with E-state index in [1.165, 1.54) is 11.1 Å². The van der Waals surface area contributed by atoms with Crippen molar-refractivity contribution in [1.82, 2.24) is 4.90 Å². The summed E-state index contributed by atoms with van der Waals surface area (Å²) in [4.78, 5) is 14.1. The van der Waals surface area contributed by atoms with Crippen molar-refractivity contribution in [3.8, 4) is 0 Å². The molecule has 0 bridgehead atoms. The standard InChI is InChI=1S/C17H28N2O.ClH/c1-5-16(12-15-9-6-13(2)7-10-15)19(4)17(20)11-8-14(3)18;/h6-7,9-10,14,16H,5,8,11-12,18H2,1-4H3;1H. The molecule has 0 aliphatic rings. The Labute approximate surface area is 135 Å². The first-order chi connectivity index (χ1) is 9.43. The molecule has 1 amide bonds. The van der Waals surface area contributed by atoms with Crippen molar-refractivity contribution in [3.05, 3.63) is 35.4 Å². The Hall–Kier alpha value is -1.06. The summed E-state index contributed by atoms with van der Waals surface area (Å²) in [5.74, 6) is 0.196. The first-order valence-corrected chi connectivity index (χ1v) is 7.50. The van der Waals surface area contributed by atoms with E-state index in [4.69, 9.17) is 5.73 Å². The third-order valence-electron chi connectivity index (χ3n) is 3.82. The van der Waals surface area contributed by atoms with E-state index in [0.29, 0.717) is 6.42 Å². The molecule has 1 rings (SSSR count). The number of nitrogens with zero attached hydrogens (tertiary/aromatic N) is 1. The number of likely N-dealkylation sites (N-methyl/N-ethyl adjacent to an activating group) is 1. The molecule has 21 heavy (non-hydrogen) atoms. The van der Waals surface area contributed by atoms with E-state index < -0.39 is 0 Å². The molecule has 4 heteroatoms. The minimum Gasteiger partial charge on any atom is -0.342 e. The predicted molar refractivity (Wildman–Crippen MR) is 91.9 cm³/mol. The normalized spacial score (nSPS) is 13.2. The number of nitrogens with two attached hydrogens (primary N) is 1. The molecule has 0 saturated carbocycles. The Morgan fingerprint density at radius 1 is 1.29 bits per heavy atom. The van der Waals surface area contributed by atoms with Gasteiger partial charge in [0.05, 0.1) is 0 Å². The highest BCUT2D eigenvalue weighted by molar-refractivity contribution is 5.85. The minimum absolute atomic E-state index is 0. The number of hydrogen-bond donors (Lipinski definition) is 1. The van der Waals surface area contributed by atoms with Crippen LogP contribution in [0.15, 0.2) is 24.3 Å². The van der Waals surface area contributed by atoms with E-state index in [0.717, 1.165) is 19.3 Å². The quantitative estimate of drug-likeness (QED) is 0.839. The minimum atomic E-state index is 0. The summed E-state index contributed by atoms with van der Waals surface area (Å²) in [6.45, 7) is 6.16. The summed E-state index contributed by atoms with van der Waals surface area (Å²) in [6.07, 6.45) is 3.17.